The number of carbonyl (C=O) groups is 2. The van der Waals surface area contributed by atoms with Crippen molar-refractivity contribution in [2.75, 3.05) is 21.3 Å². The summed E-state index contributed by atoms with van der Waals surface area (Å²) in [6.07, 6.45) is 1.89. The Labute approximate surface area is 238 Å². The molecule has 212 valence electrons. The van der Waals surface area contributed by atoms with Gasteiger partial charge in [0.2, 0.25) is 0 Å². The van der Waals surface area contributed by atoms with Gasteiger partial charge in [-0.25, -0.2) is 9.18 Å². The van der Waals surface area contributed by atoms with Crippen molar-refractivity contribution in [3.8, 4) is 22.6 Å². The van der Waals surface area contributed by atoms with Crippen molar-refractivity contribution in [1.82, 2.24) is 5.32 Å². The molecule has 1 atom stereocenters. The highest BCUT2D eigenvalue weighted by Crippen LogP contribution is 2.52. The Hall–Kier alpha value is -4.43. The van der Waals surface area contributed by atoms with Crippen molar-refractivity contribution in [3.05, 3.63) is 94.8 Å². The first-order valence-electron chi connectivity index (χ1n) is 13.4. The van der Waals surface area contributed by atoms with Crippen molar-refractivity contribution in [1.29, 1.82) is 0 Å². The van der Waals surface area contributed by atoms with Crippen LogP contribution in [0.1, 0.15) is 39.9 Å². The van der Waals surface area contributed by atoms with Crippen LogP contribution in [0.5, 0.6) is 11.5 Å². The molecular weight excluding hydrogens is 523 g/mol. The second-order valence-electron chi connectivity index (χ2n) is 10.4. The largest absolute Gasteiger partial charge is 0.496 e. The van der Waals surface area contributed by atoms with Gasteiger partial charge in [-0.3, -0.25) is 4.79 Å². The van der Waals surface area contributed by atoms with E-state index >= 15 is 0 Å². The van der Waals surface area contributed by atoms with E-state index in [1.165, 1.54) is 19.2 Å². The fourth-order valence-electron chi connectivity index (χ4n) is 5.47. The van der Waals surface area contributed by atoms with Crippen LogP contribution >= 0.6 is 0 Å². The predicted octanol–water partition coefficient (Wildman–Crippen LogP) is 5.43. The summed E-state index contributed by atoms with van der Waals surface area (Å²) in [6.45, 7) is 1.64. The Morgan fingerprint density at radius 1 is 0.951 bits per heavy atom. The van der Waals surface area contributed by atoms with Gasteiger partial charge in [0.25, 0.3) is 5.91 Å². The molecule has 4 aromatic carbocycles. The molecule has 0 spiro atoms. The number of fused-ring (bicyclic) bond motifs is 1. The number of hydrogen-bond donors (Lipinski definition) is 2. The van der Waals surface area contributed by atoms with E-state index in [2.05, 4.69) is 5.32 Å². The van der Waals surface area contributed by atoms with Gasteiger partial charge in [0, 0.05) is 17.5 Å². The zero-order chi connectivity index (χ0) is 29.3. The minimum absolute atomic E-state index is 0.103. The van der Waals surface area contributed by atoms with Crippen molar-refractivity contribution >= 4 is 22.6 Å². The first kappa shape index (κ1) is 28.1. The van der Waals surface area contributed by atoms with E-state index in [1.807, 2.05) is 48.5 Å². The zero-order valence-electron chi connectivity index (χ0n) is 23.5. The highest BCUT2D eigenvalue weighted by molar-refractivity contribution is 6.02. The lowest BCUT2D eigenvalue weighted by Gasteiger charge is -2.22. The summed E-state index contributed by atoms with van der Waals surface area (Å²) in [7, 11) is 4.50. The molecule has 0 radical (unpaired) electrons. The Balaban J connectivity index is 1.58. The molecule has 4 aromatic rings. The topological polar surface area (TPSA) is 99.9 Å². The van der Waals surface area contributed by atoms with Crippen LogP contribution in [0.3, 0.4) is 0 Å². The van der Waals surface area contributed by atoms with Gasteiger partial charge in [-0.1, -0.05) is 48.5 Å². The Bertz CT molecular complexity index is 1630. The number of halogens is 1. The molecule has 0 heterocycles. The predicted molar refractivity (Wildman–Crippen MR) is 156 cm³/mol. The van der Waals surface area contributed by atoms with E-state index in [0.717, 1.165) is 45.9 Å². The van der Waals surface area contributed by atoms with E-state index in [1.54, 1.807) is 27.2 Å². The van der Waals surface area contributed by atoms with Crippen molar-refractivity contribution in [3.63, 3.8) is 0 Å². The van der Waals surface area contributed by atoms with E-state index in [9.17, 15) is 14.0 Å². The third-order valence-corrected chi connectivity index (χ3v) is 7.81. The van der Waals surface area contributed by atoms with Crippen LogP contribution in [0.15, 0.2) is 66.7 Å². The zero-order valence-corrected chi connectivity index (χ0v) is 23.5. The summed E-state index contributed by atoms with van der Waals surface area (Å²) in [5, 5.41) is 4.46. The van der Waals surface area contributed by atoms with Gasteiger partial charge in [0.1, 0.15) is 23.4 Å². The minimum Gasteiger partial charge on any atom is -0.496 e. The van der Waals surface area contributed by atoms with Crippen LogP contribution in [0.25, 0.3) is 21.9 Å². The quantitative estimate of drug-likeness (QED) is 0.267. The number of benzene rings is 4. The third kappa shape index (κ3) is 5.23. The van der Waals surface area contributed by atoms with Crippen LogP contribution in [-0.2, 0) is 21.5 Å². The summed E-state index contributed by atoms with van der Waals surface area (Å²) >= 11 is 0. The monoisotopic (exact) mass is 556 g/mol. The molecule has 3 N–H and O–H groups in total. The van der Waals surface area contributed by atoms with Crippen LogP contribution in [0.2, 0.25) is 0 Å². The van der Waals surface area contributed by atoms with Crippen LogP contribution in [0.4, 0.5) is 4.39 Å². The molecule has 0 bridgehead atoms. The van der Waals surface area contributed by atoms with E-state index < -0.39 is 29.3 Å². The average Bonchev–Trinajstić information content (AvgIpc) is 3.73. The molecule has 8 heteroatoms. The summed E-state index contributed by atoms with van der Waals surface area (Å²) in [5.74, 6) is -0.653. The Morgan fingerprint density at radius 3 is 2.32 bits per heavy atom. The Kier molecular flexibility index (Phi) is 7.69. The summed E-state index contributed by atoms with van der Waals surface area (Å²) in [5.41, 5.74) is 9.94. The number of aryl methyl sites for hydroxylation is 1. The standard InChI is InChI=1S/C33H33FN2O5/c1-19-8-5-13-25(34)28(19)31(37)36-26(32(38)41-4)18-20-9-6-11-22-21(20)10-7-12-23(22)29-27(39-2)15-14-24(30(29)40-3)33(35)16-17-33/h5-15,26H,16-18,35H2,1-4H3,(H,36,37)/t26-/m0/s1. The average molecular weight is 557 g/mol. The molecule has 7 nitrogen and oxygen atoms in total. The van der Waals surface area contributed by atoms with Crippen LogP contribution in [-0.4, -0.2) is 39.2 Å². The van der Waals surface area contributed by atoms with Gasteiger partial charge in [-0.05, 0) is 65.4 Å². The molecule has 0 unspecified atom stereocenters. The lowest BCUT2D eigenvalue weighted by Crippen LogP contribution is -2.43. The molecule has 1 aliphatic rings. The van der Waals surface area contributed by atoms with Gasteiger partial charge in [-0.2, -0.15) is 0 Å². The first-order chi connectivity index (χ1) is 19.7. The molecule has 1 saturated carbocycles. The van der Waals surface area contributed by atoms with Crippen molar-refractivity contribution in [2.45, 2.75) is 37.8 Å². The summed E-state index contributed by atoms with van der Waals surface area (Å²) in [4.78, 5) is 25.9. The smallest absolute Gasteiger partial charge is 0.328 e. The Morgan fingerprint density at radius 2 is 1.66 bits per heavy atom. The second kappa shape index (κ2) is 11.2. The number of rotatable bonds is 9. The number of hydrogen-bond acceptors (Lipinski definition) is 6. The number of esters is 1. The maximum Gasteiger partial charge on any atom is 0.328 e. The molecule has 1 fully saturated rings. The lowest BCUT2D eigenvalue weighted by molar-refractivity contribution is -0.142. The van der Waals surface area contributed by atoms with E-state index in [0.29, 0.717) is 17.1 Å². The molecule has 0 saturated heterocycles. The van der Waals surface area contributed by atoms with Gasteiger partial charge in [0.15, 0.2) is 0 Å². The number of methoxy groups -OCH3 is 3. The number of nitrogens with two attached hydrogens (primary N) is 1. The van der Waals surface area contributed by atoms with Gasteiger partial charge >= 0.3 is 5.97 Å². The first-order valence-corrected chi connectivity index (χ1v) is 13.4. The molecule has 1 amide bonds. The number of amides is 1. The van der Waals surface area contributed by atoms with E-state index in [-0.39, 0.29) is 12.0 Å². The van der Waals surface area contributed by atoms with Gasteiger partial charge in [-0.15, -0.1) is 0 Å². The summed E-state index contributed by atoms with van der Waals surface area (Å²) < 4.78 is 31.2. The maximum atomic E-state index is 14.5. The third-order valence-electron chi connectivity index (χ3n) is 7.81. The molecule has 5 rings (SSSR count). The molecular formula is C33H33FN2O5. The highest BCUT2D eigenvalue weighted by atomic mass is 19.1. The van der Waals surface area contributed by atoms with Crippen LogP contribution in [0, 0.1) is 12.7 Å². The maximum absolute atomic E-state index is 14.5. The normalized spacial score (nSPS) is 14.3. The molecule has 0 aromatic heterocycles. The fraction of sp³-hybridized carbons (Fsp3) is 0.273. The van der Waals surface area contributed by atoms with Gasteiger partial charge < -0.3 is 25.3 Å². The second-order valence-corrected chi connectivity index (χ2v) is 10.4. The molecule has 41 heavy (non-hydrogen) atoms. The van der Waals surface area contributed by atoms with Crippen molar-refractivity contribution < 1.29 is 28.2 Å². The summed E-state index contributed by atoms with van der Waals surface area (Å²) in [6, 6.07) is 18.9. The molecule has 0 aliphatic heterocycles. The minimum atomic E-state index is -1.04. The van der Waals surface area contributed by atoms with Crippen LogP contribution < -0.4 is 20.5 Å². The number of carbonyl (C=O) groups excluding carboxylic acids is 2. The number of ether oxygens (including phenoxy) is 3. The fourth-order valence-corrected chi connectivity index (χ4v) is 5.47. The van der Waals surface area contributed by atoms with Gasteiger partial charge in [0.05, 0.1) is 32.5 Å². The molecule has 1 aliphatic carbocycles. The lowest BCUT2D eigenvalue weighted by atomic mass is 9.90. The van der Waals surface area contributed by atoms with Crippen molar-refractivity contribution in [2.24, 2.45) is 5.73 Å². The SMILES string of the molecule is COC(=O)[C@H](Cc1cccc2c(-c3c(OC)ccc(C4(N)CC4)c3OC)cccc12)NC(=O)c1c(C)cccc1F. The van der Waals surface area contributed by atoms with E-state index in [4.69, 9.17) is 19.9 Å². The number of nitrogens with one attached hydrogen (secondary N) is 1. The highest BCUT2D eigenvalue weighted by Gasteiger charge is 2.43.